The van der Waals surface area contributed by atoms with Crippen LogP contribution in [0.1, 0.15) is 38.8 Å². The predicted octanol–water partition coefficient (Wildman–Crippen LogP) is 2.84. The number of ether oxygens (including phenoxy) is 1. The molecular weight excluding hydrogens is 340 g/mol. The number of piperazine rings is 1. The van der Waals surface area contributed by atoms with E-state index in [0.29, 0.717) is 23.3 Å². The van der Waals surface area contributed by atoms with Gasteiger partial charge in [-0.25, -0.2) is 4.79 Å². The highest BCUT2D eigenvalue weighted by Crippen LogP contribution is 2.15. The Bertz CT molecular complexity index is 793. The largest absolute Gasteiger partial charge is 0.462 e. The van der Waals surface area contributed by atoms with Crippen LogP contribution in [0.4, 0.5) is 0 Å². The van der Waals surface area contributed by atoms with E-state index in [1.165, 1.54) is 5.56 Å². The lowest BCUT2D eigenvalue weighted by Crippen LogP contribution is -2.43. The van der Waals surface area contributed by atoms with E-state index in [-0.39, 0.29) is 5.78 Å². The summed E-state index contributed by atoms with van der Waals surface area (Å²) in [4.78, 5) is 29.4. The van der Waals surface area contributed by atoms with E-state index in [4.69, 9.17) is 4.74 Å². The molecule has 0 radical (unpaired) electrons. The Balaban J connectivity index is 1.67. The number of nitrogens with zero attached hydrogens (tertiary/aromatic N) is 2. The van der Waals surface area contributed by atoms with Gasteiger partial charge in [-0.3, -0.25) is 9.69 Å². The molecule has 1 aliphatic rings. The second kappa shape index (κ2) is 8.93. The Hall–Kier alpha value is -2.50. The lowest BCUT2D eigenvalue weighted by Gasteiger charge is -2.32. The molecule has 0 amide bonds. The van der Waals surface area contributed by atoms with Crippen molar-refractivity contribution in [2.24, 2.45) is 0 Å². The zero-order chi connectivity index (χ0) is 19.2. The van der Waals surface area contributed by atoms with Crippen molar-refractivity contribution in [1.29, 1.82) is 0 Å². The van der Waals surface area contributed by atoms with Crippen LogP contribution in [-0.2, 0) is 11.3 Å². The van der Waals surface area contributed by atoms with Crippen molar-refractivity contribution in [3.8, 4) is 0 Å². The van der Waals surface area contributed by atoms with Gasteiger partial charge in [0.1, 0.15) is 0 Å². The summed E-state index contributed by atoms with van der Waals surface area (Å²) < 4.78 is 5.01. The summed E-state index contributed by atoms with van der Waals surface area (Å²) >= 11 is 0. The van der Waals surface area contributed by atoms with Crippen LogP contribution in [0, 0.1) is 0 Å². The third-order valence-electron chi connectivity index (χ3n) is 4.85. The maximum absolute atomic E-state index is 12.7. The fourth-order valence-corrected chi connectivity index (χ4v) is 3.19. The van der Waals surface area contributed by atoms with Crippen LogP contribution in [0.2, 0.25) is 0 Å². The molecule has 27 heavy (non-hydrogen) atoms. The Morgan fingerprint density at radius 1 is 0.926 bits per heavy atom. The van der Waals surface area contributed by atoms with Crippen LogP contribution >= 0.6 is 0 Å². The standard InChI is InChI=1S/C22H26N2O3/c1-3-27-22(26)20-6-4-5-19(15-20)21(25)18-9-7-17(8-10-18)16-24-13-11-23(2)12-14-24/h4-10,15H,3,11-14,16H2,1-2H3. The number of hydrogen-bond donors (Lipinski definition) is 0. The smallest absolute Gasteiger partial charge is 0.338 e. The number of rotatable bonds is 6. The summed E-state index contributed by atoms with van der Waals surface area (Å²) in [6.45, 7) is 7.29. The number of carbonyl (C=O) groups is 2. The Morgan fingerprint density at radius 3 is 2.26 bits per heavy atom. The number of hydrogen-bond acceptors (Lipinski definition) is 5. The second-order valence-corrected chi connectivity index (χ2v) is 6.91. The van der Waals surface area contributed by atoms with Gasteiger partial charge < -0.3 is 9.64 Å². The first-order valence-electron chi connectivity index (χ1n) is 9.38. The number of likely N-dealkylation sites (N-methyl/N-ethyl adjacent to an activating group) is 1. The normalized spacial score (nSPS) is 15.5. The predicted molar refractivity (Wildman–Crippen MR) is 105 cm³/mol. The van der Waals surface area contributed by atoms with Crippen LogP contribution in [-0.4, -0.2) is 61.4 Å². The highest BCUT2D eigenvalue weighted by atomic mass is 16.5. The van der Waals surface area contributed by atoms with E-state index >= 15 is 0 Å². The molecule has 0 bridgehead atoms. The van der Waals surface area contributed by atoms with Gasteiger partial charge in [-0.05, 0) is 31.7 Å². The molecule has 3 rings (SSSR count). The minimum Gasteiger partial charge on any atom is -0.462 e. The van der Waals surface area contributed by atoms with E-state index in [0.717, 1.165) is 32.7 Å². The molecule has 0 atom stereocenters. The summed E-state index contributed by atoms with van der Waals surface area (Å²) in [5.41, 5.74) is 2.72. The van der Waals surface area contributed by atoms with Crippen molar-refractivity contribution < 1.29 is 14.3 Å². The SMILES string of the molecule is CCOC(=O)c1cccc(C(=O)c2ccc(CN3CCN(C)CC3)cc2)c1. The fraction of sp³-hybridized carbons (Fsp3) is 0.364. The summed E-state index contributed by atoms with van der Waals surface area (Å²) in [5.74, 6) is -0.498. The molecule has 0 unspecified atom stereocenters. The van der Waals surface area contributed by atoms with Gasteiger partial charge in [0.15, 0.2) is 5.78 Å². The molecular formula is C22H26N2O3. The summed E-state index contributed by atoms with van der Waals surface area (Å²) in [7, 11) is 2.15. The molecule has 5 nitrogen and oxygen atoms in total. The molecule has 0 N–H and O–H groups in total. The Kier molecular flexibility index (Phi) is 6.37. The highest BCUT2D eigenvalue weighted by molar-refractivity contribution is 6.10. The fourth-order valence-electron chi connectivity index (χ4n) is 3.19. The van der Waals surface area contributed by atoms with Crippen molar-refractivity contribution in [2.75, 3.05) is 39.8 Å². The monoisotopic (exact) mass is 366 g/mol. The molecule has 2 aromatic rings. The molecule has 1 aliphatic heterocycles. The molecule has 2 aromatic carbocycles. The van der Waals surface area contributed by atoms with Crippen molar-refractivity contribution in [1.82, 2.24) is 9.80 Å². The summed E-state index contributed by atoms with van der Waals surface area (Å²) in [5, 5.41) is 0. The van der Waals surface area contributed by atoms with E-state index in [2.05, 4.69) is 16.8 Å². The second-order valence-electron chi connectivity index (χ2n) is 6.91. The molecule has 1 fully saturated rings. The van der Waals surface area contributed by atoms with E-state index in [1.54, 1.807) is 31.2 Å². The molecule has 1 saturated heterocycles. The van der Waals surface area contributed by atoms with Crippen LogP contribution in [0.15, 0.2) is 48.5 Å². The zero-order valence-corrected chi connectivity index (χ0v) is 16.0. The average Bonchev–Trinajstić information content (AvgIpc) is 2.70. The topological polar surface area (TPSA) is 49.9 Å². The molecule has 0 aromatic heterocycles. The third-order valence-corrected chi connectivity index (χ3v) is 4.85. The van der Waals surface area contributed by atoms with Crippen molar-refractivity contribution in [2.45, 2.75) is 13.5 Å². The lowest BCUT2D eigenvalue weighted by atomic mass is 10.00. The van der Waals surface area contributed by atoms with Gasteiger partial charge in [0.2, 0.25) is 0 Å². The summed E-state index contributed by atoms with van der Waals surface area (Å²) in [6.07, 6.45) is 0. The zero-order valence-electron chi connectivity index (χ0n) is 16.0. The van der Waals surface area contributed by atoms with Crippen molar-refractivity contribution in [3.05, 3.63) is 70.8 Å². The summed E-state index contributed by atoms with van der Waals surface area (Å²) in [6, 6.07) is 14.5. The molecule has 5 heteroatoms. The van der Waals surface area contributed by atoms with Crippen LogP contribution in [0.3, 0.4) is 0 Å². The first-order valence-corrected chi connectivity index (χ1v) is 9.38. The Labute approximate surface area is 160 Å². The molecule has 0 spiro atoms. The number of carbonyl (C=O) groups excluding carboxylic acids is 2. The van der Waals surface area contributed by atoms with Gasteiger partial charge in [0, 0.05) is 43.9 Å². The Morgan fingerprint density at radius 2 is 1.59 bits per heavy atom. The van der Waals surface area contributed by atoms with Crippen molar-refractivity contribution >= 4 is 11.8 Å². The van der Waals surface area contributed by atoms with Crippen LogP contribution < -0.4 is 0 Å². The molecule has 0 aliphatic carbocycles. The quantitative estimate of drug-likeness (QED) is 0.581. The maximum Gasteiger partial charge on any atom is 0.338 e. The van der Waals surface area contributed by atoms with E-state index in [1.807, 2.05) is 24.3 Å². The van der Waals surface area contributed by atoms with Crippen LogP contribution in [0.25, 0.3) is 0 Å². The number of ketones is 1. The van der Waals surface area contributed by atoms with Crippen molar-refractivity contribution in [3.63, 3.8) is 0 Å². The van der Waals surface area contributed by atoms with Gasteiger partial charge in [0.05, 0.1) is 12.2 Å². The minimum absolute atomic E-state index is 0.0905. The highest BCUT2D eigenvalue weighted by Gasteiger charge is 2.15. The van der Waals surface area contributed by atoms with Gasteiger partial charge in [-0.15, -0.1) is 0 Å². The number of esters is 1. The molecule has 1 heterocycles. The molecule has 0 saturated carbocycles. The van der Waals surface area contributed by atoms with Gasteiger partial charge in [-0.1, -0.05) is 36.4 Å². The average molecular weight is 366 g/mol. The van der Waals surface area contributed by atoms with Crippen LogP contribution in [0.5, 0.6) is 0 Å². The van der Waals surface area contributed by atoms with Gasteiger partial charge >= 0.3 is 5.97 Å². The molecule has 142 valence electrons. The lowest BCUT2D eigenvalue weighted by molar-refractivity contribution is 0.0526. The van der Waals surface area contributed by atoms with E-state index < -0.39 is 5.97 Å². The maximum atomic E-state index is 12.7. The van der Waals surface area contributed by atoms with E-state index in [9.17, 15) is 9.59 Å². The van der Waals surface area contributed by atoms with Gasteiger partial charge in [0.25, 0.3) is 0 Å². The first-order chi connectivity index (χ1) is 13.1. The minimum atomic E-state index is -0.408. The third kappa shape index (κ3) is 5.02. The number of benzene rings is 2. The van der Waals surface area contributed by atoms with Gasteiger partial charge in [-0.2, -0.15) is 0 Å². The first kappa shape index (κ1) is 19.3.